The standard InChI is InChI=1S/C12H13ClN2O/c1-8-7-9(2)15(14-8)11-6-4-5-10(13)12(11)16-3/h4-7H,1-3H3. The largest absolute Gasteiger partial charge is 0.493 e. The fourth-order valence-electron chi connectivity index (χ4n) is 1.74. The topological polar surface area (TPSA) is 27.1 Å². The van der Waals surface area contributed by atoms with E-state index >= 15 is 0 Å². The van der Waals surface area contributed by atoms with Crippen LogP contribution < -0.4 is 4.74 Å². The summed E-state index contributed by atoms with van der Waals surface area (Å²) >= 11 is 6.07. The Morgan fingerprint density at radius 3 is 2.62 bits per heavy atom. The van der Waals surface area contributed by atoms with E-state index in [9.17, 15) is 0 Å². The van der Waals surface area contributed by atoms with Gasteiger partial charge in [0.2, 0.25) is 0 Å². The maximum Gasteiger partial charge on any atom is 0.163 e. The number of hydrogen-bond acceptors (Lipinski definition) is 2. The van der Waals surface area contributed by atoms with Crippen LogP contribution in [0, 0.1) is 13.8 Å². The molecule has 0 spiro atoms. The maximum atomic E-state index is 6.07. The summed E-state index contributed by atoms with van der Waals surface area (Å²) in [6.45, 7) is 3.96. The van der Waals surface area contributed by atoms with Gasteiger partial charge in [-0.2, -0.15) is 5.10 Å². The Morgan fingerprint density at radius 1 is 1.31 bits per heavy atom. The maximum absolute atomic E-state index is 6.07. The molecule has 0 N–H and O–H groups in total. The molecule has 0 fully saturated rings. The zero-order chi connectivity index (χ0) is 11.7. The molecule has 1 aromatic heterocycles. The van der Waals surface area contributed by atoms with Crippen molar-refractivity contribution in [1.29, 1.82) is 0 Å². The van der Waals surface area contributed by atoms with Crippen LogP contribution in [0.15, 0.2) is 24.3 Å². The summed E-state index contributed by atoms with van der Waals surface area (Å²) in [7, 11) is 1.61. The van der Waals surface area contributed by atoms with Crippen molar-refractivity contribution in [2.45, 2.75) is 13.8 Å². The zero-order valence-corrected chi connectivity index (χ0v) is 10.2. The first-order chi connectivity index (χ1) is 7.63. The number of methoxy groups -OCH3 is 1. The van der Waals surface area contributed by atoms with E-state index in [-0.39, 0.29) is 0 Å². The highest BCUT2D eigenvalue weighted by molar-refractivity contribution is 6.32. The van der Waals surface area contributed by atoms with Crippen LogP contribution in [0.25, 0.3) is 5.69 Å². The second-order valence-electron chi connectivity index (χ2n) is 3.63. The lowest BCUT2D eigenvalue weighted by Crippen LogP contribution is -2.02. The molecule has 0 radical (unpaired) electrons. The Balaban J connectivity index is 2.64. The third kappa shape index (κ3) is 1.78. The van der Waals surface area contributed by atoms with Gasteiger partial charge in [0.15, 0.2) is 5.75 Å². The Hall–Kier alpha value is -1.48. The van der Waals surface area contributed by atoms with E-state index in [1.807, 2.05) is 36.7 Å². The molecule has 2 aromatic rings. The number of benzene rings is 1. The normalized spacial score (nSPS) is 10.5. The number of para-hydroxylation sites is 1. The molecule has 16 heavy (non-hydrogen) atoms. The van der Waals surface area contributed by atoms with E-state index in [2.05, 4.69) is 5.10 Å². The van der Waals surface area contributed by atoms with Gasteiger partial charge in [0.1, 0.15) is 5.69 Å². The Kier molecular flexibility index (Phi) is 2.88. The van der Waals surface area contributed by atoms with Crippen molar-refractivity contribution in [3.05, 3.63) is 40.7 Å². The molecule has 0 aliphatic carbocycles. The average Bonchev–Trinajstić information content (AvgIpc) is 2.57. The first-order valence-corrected chi connectivity index (χ1v) is 5.37. The van der Waals surface area contributed by atoms with Gasteiger partial charge in [-0.1, -0.05) is 17.7 Å². The van der Waals surface area contributed by atoms with Crippen LogP contribution in [0.4, 0.5) is 0 Å². The predicted molar refractivity (Wildman–Crippen MR) is 64.6 cm³/mol. The molecule has 1 aromatic carbocycles. The summed E-state index contributed by atoms with van der Waals surface area (Å²) in [5.41, 5.74) is 2.89. The van der Waals surface area contributed by atoms with Crippen molar-refractivity contribution in [2.24, 2.45) is 0 Å². The summed E-state index contributed by atoms with van der Waals surface area (Å²) in [4.78, 5) is 0. The highest BCUT2D eigenvalue weighted by Gasteiger charge is 2.11. The molecule has 3 nitrogen and oxygen atoms in total. The molecule has 2 rings (SSSR count). The quantitative estimate of drug-likeness (QED) is 0.801. The van der Waals surface area contributed by atoms with Gasteiger partial charge >= 0.3 is 0 Å². The highest BCUT2D eigenvalue weighted by Crippen LogP contribution is 2.31. The van der Waals surface area contributed by atoms with Gasteiger partial charge in [-0.3, -0.25) is 0 Å². The Morgan fingerprint density at radius 2 is 2.06 bits per heavy atom. The van der Waals surface area contributed by atoms with Crippen molar-refractivity contribution >= 4 is 11.6 Å². The summed E-state index contributed by atoms with van der Waals surface area (Å²) in [5.74, 6) is 0.648. The van der Waals surface area contributed by atoms with Crippen LogP contribution in [0.5, 0.6) is 5.75 Å². The van der Waals surface area contributed by atoms with Gasteiger partial charge in [-0.05, 0) is 32.0 Å². The number of ether oxygens (including phenoxy) is 1. The molecule has 0 aliphatic rings. The lowest BCUT2D eigenvalue weighted by atomic mass is 10.3. The third-order valence-electron chi connectivity index (χ3n) is 2.39. The average molecular weight is 237 g/mol. The summed E-state index contributed by atoms with van der Waals surface area (Å²) < 4.78 is 7.14. The second kappa shape index (κ2) is 4.18. The molecule has 84 valence electrons. The van der Waals surface area contributed by atoms with Crippen molar-refractivity contribution < 1.29 is 4.74 Å². The molecule has 0 aliphatic heterocycles. The van der Waals surface area contributed by atoms with E-state index in [0.717, 1.165) is 17.1 Å². The first kappa shape index (κ1) is 11.0. The summed E-state index contributed by atoms with van der Waals surface area (Å²) in [6.07, 6.45) is 0. The van der Waals surface area contributed by atoms with Crippen LogP contribution in [0.2, 0.25) is 5.02 Å². The molecule has 0 atom stereocenters. The van der Waals surface area contributed by atoms with Crippen molar-refractivity contribution in [3.8, 4) is 11.4 Å². The lowest BCUT2D eigenvalue weighted by Gasteiger charge is -2.11. The second-order valence-corrected chi connectivity index (χ2v) is 4.04. The summed E-state index contributed by atoms with van der Waals surface area (Å²) in [5, 5.41) is 5.00. The van der Waals surface area contributed by atoms with E-state index < -0.39 is 0 Å². The molecule has 0 saturated heterocycles. The SMILES string of the molecule is COc1c(Cl)cccc1-n1nc(C)cc1C. The van der Waals surface area contributed by atoms with E-state index in [1.165, 1.54) is 0 Å². The van der Waals surface area contributed by atoms with Gasteiger partial charge in [0.05, 0.1) is 17.8 Å². The van der Waals surface area contributed by atoms with E-state index in [0.29, 0.717) is 10.8 Å². The van der Waals surface area contributed by atoms with Crippen LogP contribution >= 0.6 is 11.6 Å². The minimum atomic E-state index is 0.590. The van der Waals surface area contributed by atoms with Crippen LogP contribution in [-0.2, 0) is 0 Å². The molecule has 0 unspecified atom stereocenters. The number of aryl methyl sites for hydroxylation is 2. The van der Waals surface area contributed by atoms with Gasteiger partial charge in [0.25, 0.3) is 0 Å². The van der Waals surface area contributed by atoms with E-state index in [4.69, 9.17) is 16.3 Å². The lowest BCUT2D eigenvalue weighted by molar-refractivity contribution is 0.411. The minimum Gasteiger partial charge on any atom is -0.493 e. The number of hydrogen-bond donors (Lipinski definition) is 0. The smallest absolute Gasteiger partial charge is 0.163 e. The highest BCUT2D eigenvalue weighted by atomic mass is 35.5. The number of aromatic nitrogens is 2. The van der Waals surface area contributed by atoms with Gasteiger partial charge in [0, 0.05) is 5.69 Å². The molecule has 0 amide bonds. The molecule has 0 bridgehead atoms. The van der Waals surface area contributed by atoms with Gasteiger partial charge in [-0.15, -0.1) is 0 Å². The molecule has 1 heterocycles. The third-order valence-corrected chi connectivity index (χ3v) is 2.69. The molecular weight excluding hydrogens is 224 g/mol. The van der Waals surface area contributed by atoms with Crippen LogP contribution in [-0.4, -0.2) is 16.9 Å². The number of rotatable bonds is 2. The predicted octanol–water partition coefficient (Wildman–Crippen LogP) is 3.15. The monoisotopic (exact) mass is 236 g/mol. The molecule has 0 saturated carbocycles. The molecule has 4 heteroatoms. The van der Waals surface area contributed by atoms with Crippen LogP contribution in [0.3, 0.4) is 0 Å². The minimum absolute atomic E-state index is 0.590. The van der Waals surface area contributed by atoms with Crippen molar-refractivity contribution in [1.82, 2.24) is 9.78 Å². The fourth-order valence-corrected chi connectivity index (χ4v) is 1.99. The van der Waals surface area contributed by atoms with Crippen LogP contribution in [0.1, 0.15) is 11.4 Å². The Bertz CT molecular complexity index is 520. The fraction of sp³-hybridized carbons (Fsp3) is 0.250. The van der Waals surface area contributed by atoms with Gasteiger partial charge < -0.3 is 4.74 Å². The number of nitrogens with zero attached hydrogens (tertiary/aromatic N) is 2. The molecular formula is C12H13ClN2O. The van der Waals surface area contributed by atoms with E-state index in [1.54, 1.807) is 13.2 Å². The first-order valence-electron chi connectivity index (χ1n) is 4.99. The van der Waals surface area contributed by atoms with Gasteiger partial charge in [-0.25, -0.2) is 4.68 Å². The Labute approximate surface area is 99.6 Å². The van der Waals surface area contributed by atoms with Crippen molar-refractivity contribution in [3.63, 3.8) is 0 Å². The van der Waals surface area contributed by atoms with Crippen molar-refractivity contribution in [2.75, 3.05) is 7.11 Å². The summed E-state index contributed by atoms with van der Waals surface area (Å²) in [6, 6.07) is 7.64. The zero-order valence-electron chi connectivity index (χ0n) is 9.49. The number of halogens is 1.